The summed E-state index contributed by atoms with van der Waals surface area (Å²) in [7, 11) is 1.73. The fraction of sp³-hybridized carbons (Fsp3) is 0.500. The summed E-state index contributed by atoms with van der Waals surface area (Å²) in [5, 5.41) is 0. The summed E-state index contributed by atoms with van der Waals surface area (Å²) in [5.41, 5.74) is 2.11. The zero-order valence-corrected chi connectivity index (χ0v) is 9.19. The van der Waals surface area contributed by atoms with Crippen molar-refractivity contribution in [2.24, 2.45) is 0 Å². The Morgan fingerprint density at radius 1 is 1.31 bits per heavy atom. The van der Waals surface area contributed by atoms with Crippen molar-refractivity contribution in [2.45, 2.75) is 20.4 Å². The molecule has 0 aliphatic heterocycles. The largest absolute Gasteiger partial charge is 0.348 e. The van der Waals surface area contributed by atoms with Crippen LogP contribution in [-0.2, 0) is 15.6 Å². The number of hydrogen-bond acceptors (Lipinski definition) is 2. The third-order valence-electron chi connectivity index (χ3n) is 1.98. The first-order chi connectivity index (χ1) is 5.90. The zero-order chi connectivity index (χ0) is 10.1. The highest BCUT2D eigenvalue weighted by atomic mass is 35.7. The highest BCUT2D eigenvalue weighted by Crippen LogP contribution is 2.08. The van der Waals surface area contributed by atoms with E-state index in [1.165, 1.54) is 0 Å². The molecule has 74 valence electrons. The molecule has 1 heterocycles. The smallest absolute Gasteiger partial charge is 0.234 e. The van der Waals surface area contributed by atoms with Gasteiger partial charge in [-0.15, -0.1) is 0 Å². The summed E-state index contributed by atoms with van der Waals surface area (Å²) in [5.74, 6) is -0.0229. The maximum atomic E-state index is 10.7. The fourth-order valence-corrected chi connectivity index (χ4v) is 1.86. The van der Waals surface area contributed by atoms with Crippen LogP contribution in [0.1, 0.15) is 11.4 Å². The zero-order valence-electron chi connectivity index (χ0n) is 7.62. The fourth-order valence-electron chi connectivity index (χ4n) is 1.25. The van der Waals surface area contributed by atoms with E-state index in [1.54, 1.807) is 0 Å². The number of halogens is 1. The monoisotopic (exact) mass is 221 g/mol. The van der Waals surface area contributed by atoms with Crippen LogP contribution in [0.15, 0.2) is 12.1 Å². The van der Waals surface area contributed by atoms with Crippen molar-refractivity contribution < 1.29 is 8.42 Å². The lowest BCUT2D eigenvalue weighted by atomic mass is 10.5. The highest BCUT2D eigenvalue weighted by Gasteiger charge is 2.07. The Morgan fingerprint density at radius 2 is 1.77 bits per heavy atom. The lowest BCUT2D eigenvalue weighted by Gasteiger charge is -2.06. The molecule has 1 aromatic rings. The molecular weight excluding hydrogens is 210 g/mol. The molecule has 5 heteroatoms. The molecule has 0 aliphatic rings. The number of nitrogens with zero attached hydrogens (tertiary/aromatic N) is 1. The maximum absolute atomic E-state index is 10.7. The molecule has 0 saturated heterocycles. The van der Waals surface area contributed by atoms with Crippen molar-refractivity contribution in [3.05, 3.63) is 23.5 Å². The molecule has 1 aromatic heterocycles. The molecule has 0 saturated carbocycles. The van der Waals surface area contributed by atoms with Crippen molar-refractivity contribution in [1.82, 2.24) is 4.57 Å². The molecule has 0 bridgehead atoms. The Balaban J connectivity index is 2.75. The Labute approximate surface area is 82.7 Å². The summed E-state index contributed by atoms with van der Waals surface area (Å²) in [6, 6.07) is 3.91. The molecule has 0 aliphatic carbocycles. The van der Waals surface area contributed by atoms with Crippen molar-refractivity contribution >= 4 is 19.7 Å². The van der Waals surface area contributed by atoms with Crippen molar-refractivity contribution in [2.75, 3.05) is 5.75 Å². The van der Waals surface area contributed by atoms with Crippen LogP contribution in [-0.4, -0.2) is 18.7 Å². The summed E-state index contributed by atoms with van der Waals surface area (Å²) < 4.78 is 23.3. The molecule has 0 aromatic carbocycles. The second kappa shape index (κ2) is 3.72. The van der Waals surface area contributed by atoms with Gasteiger partial charge in [-0.25, -0.2) is 8.42 Å². The molecule has 0 radical (unpaired) electrons. The molecule has 0 unspecified atom stereocenters. The Morgan fingerprint density at radius 3 is 2.15 bits per heavy atom. The Hall–Kier alpha value is -0.480. The maximum Gasteiger partial charge on any atom is 0.234 e. The molecule has 3 nitrogen and oxygen atoms in total. The van der Waals surface area contributed by atoms with Crippen LogP contribution < -0.4 is 0 Å². The minimum absolute atomic E-state index is 0.0229. The van der Waals surface area contributed by atoms with Crippen molar-refractivity contribution in [3.8, 4) is 0 Å². The molecule has 0 amide bonds. The van der Waals surface area contributed by atoms with Gasteiger partial charge in [0.15, 0.2) is 0 Å². The predicted octanol–water partition coefficient (Wildman–Crippen LogP) is 1.67. The molecule has 0 spiro atoms. The number of hydrogen-bond donors (Lipinski definition) is 0. The van der Waals surface area contributed by atoms with Crippen molar-refractivity contribution in [1.29, 1.82) is 0 Å². The summed E-state index contributed by atoms with van der Waals surface area (Å²) in [4.78, 5) is 0. The van der Waals surface area contributed by atoms with Gasteiger partial charge >= 0.3 is 0 Å². The van der Waals surface area contributed by atoms with Crippen LogP contribution in [0.5, 0.6) is 0 Å². The molecule has 0 N–H and O–H groups in total. The van der Waals surface area contributed by atoms with Gasteiger partial charge in [0, 0.05) is 28.6 Å². The van der Waals surface area contributed by atoms with Crippen LogP contribution in [0.25, 0.3) is 0 Å². The number of aryl methyl sites for hydroxylation is 2. The molecule has 0 fully saturated rings. The van der Waals surface area contributed by atoms with E-state index in [0.717, 1.165) is 11.4 Å². The Kier molecular flexibility index (Phi) is 3.03. The third-order valence-corrected chi connectivity index (χ3v) is 3.11. The van der Waals surface area contributed by atoms with Crippen LogP contribution in [0.3, 0.4) is 0 Å². The second-order valence-electron chi connectivity index (χ2n) is 3.01. The average Bonchev–Trinajstić information content (AvgIpc) is 2.27. The first kappa shape index (κ1) is 10.6. The second-order valence-corrected chi connectivity index (χ2v) is 5.91. The lowest BCUT2D eigenvalue weighted by Crippen LogP contribution is -2.10. The van der Waals surface area contributed by atoms with Crippen LogP contribution in [0.4, 0.5) is 0 Å². The highest BCUT2D eigenvalue weighted by molar-refractivity contribution is 8.13. The van der Waals surface area contributed by atoms with E-state index in [4.69, 9.17) is 10.7 Å². The van der Waals surface area contributed by atoms with Crippen LogP contribution in [0, 0.1) is 13.8 Å². The van der Waals surface area contributed by atoms with Gasteiger partial charge in [-0.1, -0.05) is 0 Å². The van der Waals surface area contributed by atoms with Gasteiger partial charge in [0.05, 0.1) is 5.75 Å². The van der Waals surface area contributed by atoms with E-state index in [0.29, 0.717) is 6.54 Å². The minimum atomic E-state index is -3.38. The first-order valence-electron chi connectivity index (χ1n) is 3.95. The molecule has 1 rings (SSSR count). The SMILES string of the molecule is Cc1ccc(C)n1CCS(=O)(=O)Cl. The van der Waals surface area contributed by atoms with E-state index in [-0.39, 0.29) is 5.75 Å². The lowest BCUT2D eigenvalue weighted by molar-refractivity contribution is 0.600. The number of rotatable bonds is 3. The van der Waals surface area contributed by atoms with Crippen LogP contribution in [0.2, 0.25) is 0 Å². The van der Waals surface area contributed by atoms with E-state index in [1.807, 2.05) is 30.5 Å². The van der Waals surface area contributed by atoms with Crippen LogP contribution >= 0.6 is 10.7 Å². The average molecular weight is 222 g/mol. The van der Waals surface area contributed by atoms with Gasteiger partial charge in [0.1, 0.15) is 0 Å². The number of aromatic nitrogens is 1. The van der Waals surface area contributed by atoms with Gasteiger partial charge < -0.3 is 4.57 Å². The first-order valence-corrected chi connectivity index (χ1v) is 6.43. The van der Waals surface area contributed by atoms with E-state index in [2.05, 4.69) is 0 Å². The summed E-state index contributed by atoms with van der Waals surface area (Å²) in [6.07, 6.45) is 0. The van der Waals surface area contributed by atoms with Gasteiger partial charge in [0.2, 0.25) is 9.05 Å². The summed E-state index contributed by atoms with van der Waals surface area (Å²) >= 11 is 0. The van der Waals surface area contributed by atoms with Gasteiger partial charge in [-0.2, -0.15) is 0 Å². The predicted molar refractivity (Wildman–Crippen MR) is 53.5 cm³/mol. The third kappa shape index (κ3) is 3.04. The minimum Gasteiger partial charge on any atom is -0.348 e. The topological polar surface area (TPSA) is 39.1 Å². The van der Waals surface area contributed by atoms with Gasteiger partial charge in [-0.05, 0) is 26.0 Å². The van der Waals surface area contributed by atoms with E-state index < -0.39 is 9.05 Å². The van der Waals surface area contributed by atoms with E-state index >= 15 is 0 Å². The molecular formula is C8H12ClNO2S. The van der Waals surface area contributed by atoms with Gasteiger partial charge in [-0.3, -0.25) is 0 Å². The van der Waals surface area contributed by atoms with Gasteiger partial charge in [0.25, 0.3) is 0 Å². The summed E-state index contributed by atoms with van der Waals surface area (Å²) in [6.45, 7) is 4.30. The molecule has 13 heavy (non-hydrogen) atoms. The van der Waals surface area contributed by atoms with E-state index in [9.17, 15) is 8.42 Å². The Bertz CT molecular complexity index is 375. The normalized spacial score (nSPS) is 11.9. The standard InChI is InChI=1S/C8H12ClNO2S/c1-7-3-4-8(2)10(7)5-6-13(9,11)12/h3-4H,5-6H2,1-2H3. The quantitative estimate of drug-likeness (QED) is 0.729. The van der Waals surface area contributed by atoms with Crippen molar-refractivity contribution in [3.63, 3.8) is 0 Å². The molecule has 0 atom stereocenters.